The standard InChI is InChI=1S/C21H23ClN4/c22-20-18(9-10-19-21(20)23-24-26(19)14-16-3-4-16)17-7-5-15(6-8-17)13-25-11-1-2-12-25/h5-10,16H,1-4,11-14H2. The number of hydrogen-bond acceptors (Lipinski definition) is 3. The monoisotopic (exact) mass is 366 g/mol. The van der Waals surface area contributed by atoms with Gasteiger partial charge in [-0.2, -0.15) is 0 Å². The minimum Gasteiger partial charge on any atom is -0.299 e. The zero-order chi connectivity index (χ0) is 17.5. The van der Waals surface area contributed by atoms with E-state index in [-0.39, 0.29) is 0 Å². The Bertz CT molecular complexity index is 921. The van der Waals surface area contributed by atoms with Crippen LogP contribution >= 0.6 is 11.6 Å². The maximum absolute atomic E-state index is 6.69. The van der Waals surface area contributed by atoms with E-state index in [0.29, 0.717) is 5.02 Å². The molecule has 0 N–H and O–H groups in total. The van der Waals surface area contributed by atoms with Crippen LogP contribution in [-0.2, 0) is 13.1 Å². The summed E-state index contributed by atoms with van der Waals surface area (Å²) in [7, 11) is 0. The highest BCUT2D eigenvalue weighted by Crippen LogP contribution is 2.35. The Hall–Kier alpha value is -1.91. The summed E-state index contributed by atoms with van der Waals surface area (Å²) in [5.41, 5.74) is 5.38. The molecule has 2 aromatic carbocycles. The first-order valence-electron chi connectivity index (χ1n) is 9.61. The number of hydrogen-bond donors (Lipinski definition) is 0. The molecule has 0 bridgehead atoms. The maximum Gasteiger partial charge on any atom is 0.132 e. The molecule has 1 saturated carbocycles. The molecule has 0 spiro atoms. The first-order chi connectivity index (χ1) is 12.8. The van der Waals surface area contributed by atoms with E-state index in [9.17, 15) is 0 Å². The van der Waals surface area contributed by atoms with Crippen molar-refractivity contribution in [1.29, 1.82) is 0 Å². The van der Waals surface area contributed by atoms with Gasteiger partial charge >= 0.3 is 0 Å². The van der Waals surface area contributed by atoms with Gasteiger partial charge in [0.2, 0.25) is 0 Å². The van der Waals surface area contributed by atoms with E-state index in [1.807, 2.05) is 4.68 Å². The predicted octanol–water partition coefficient (Wildman–Crippen LogP) is 4.76. The summed E-state index contributed by atoms with van der Waals surface area (Å²) < 4.78 is 2.00. The summed E-state index contributed by atoms with van der Waals surface area (Å²) in [6, 6.07) is 13.0. The highest BCUT2D eigenvalue weighted by molar-refractivity contribution is 6.37. The summed E-state index contributed by atoms with van der Waals surface area (Å²) >= 11 is 6.69. The molecule has 5 heteroatoms. The van der Waals surface area contributed by atoms with E-state index in [2.05, 4.69) is 51.6 Å². The van der Waals surface area contributed by atoms with Crippen molar-refractivity contribution in [2.24, 2.45) is 5.92 Å². The van der Waals surface area contributed by atoms with Crippen molar-refractivity contribution < 1.29 is 0 Å². The van der Waals surface area contributed by atoms with E-state index in [1.54, 1.807) is 0 Å². The van der Waals surface area contributed by atoms with E-state index >= 15 is 0 Å². The second kappa shape index (κ2) is 6.67. The van der Waals surface area contributed by atoms with Gasteiger partial charge in [-0.15, -0.1) is 5.10 Å². The number of aromatic nitrogens is 3. The Kier molecular flexibility index (Phi) is 4.18. The molecular weight excluding hydrogens is 344 g/mol. The zero-order valence-electron chi connectivity index (χ0n) is 14.9. The lowest BCUT2D eigenvalue weighted by Crippen LogP contribution is -2.18. The first kappa shape index (κ1) is 16.3. The van der Waals surface area contributed by atoms with Gasteiger partial charge in [-0.3, -0.25) is 4.90 Å². The van der Waals surface area contributed by atoms with E-state index in [0.717, 1.165) is 41.2 Å². The quantitative estimate of drug-likeness (QED) is 0.653. The molecule has 1 aliphatic heterocycles. The summed E-state index contributed by atoms with van der Waals surface area (Å²) in [6.07, 6.45) is 5.26. The van der Waals surface area contributed by atoms with Gasteiger partial charge in [-0.1, -0.05) is 47.1 Å². The molecule has 3 aromatic rings. The Balaban J connectivity index is 1.41. The topological polar surface area (TPSA) is 34.0 Å². The molecule has 2 fully saturated rings. The number of nitrogens with zero attached hydrogens (tertiary/aromatic N) is 4. The molecule has 5 rings (SSSR count). The zero-order valence-corrected chi connectivity index (χ0v) is 15.6. The normalized spacial score (nSPS) is 18.0. The summed E-state index contributed by atoms with van der Waals surface area (Å²) in [4.78, 5) is 2.52. The SMILES string of the molecule is Clc1c(-c2ccc(CN3CCCC3)cc2)ccc2c1nnn2CC1CC1. The van der Waals surface area contributed by atoms with Crippen molar-refractivity contribution in [3.05, 3.63) is 47.0 Å². The van der Waals surface area contributed by atoms with Crippen LogP contribution in [0, 0.1) is 5.92 Å². The van der Waals surface area contributed by atoms with Gasteiger partial charge in [-0.05, 0) is 61.9 Å². The minimum atomic E-state index is 0.705. The van der Waals surface area contributed by atoms with Crippen LogP contribution in [-0.4, -0.2) is 33.0 Å². The molecule has 2 aliphatic rings. The highest BCUT2D eigenvalue weighted by Gasteiger charge is 2.24. The summed E-state index contributed by atoms with van der Waals surface area (Å²) in [5.74, 6) is 0.765. The lowest BCUT2D eigenvalue weighted by Gasteiger charge is -2.15. The van der Waals surface area contributed by atoms with Crippen molar-refractivity contribution in [3.63, 3.8) is 0 Å². The molecule has 26 heavy (non-hydrogen) atoms. The van der Waals surface area contributed by atoms with Gasteiger partial charge in [0.05, 0.1) is 10.5 Å². The number of halogens is 1. The van der Waals surface area contributed by atoms with Crippen LogP contribution in [0.15, 0.2) is 36.4 Å². The molecular formula is C21H23ClN4. The van der Waals surface area contributed by atoms with Crippen molar-refractivity contribution in [1.82, 2.24) is 19.9 Å². The van der Waals surface area contributed by atoms with Gasteiger partial charge in [0.1, 0.15) is 5.52 Å². The van der Waals surface area contributed by atoms with Crippen molar-refractivity contribution in [2.45, 2.75) is 38.8 Å². The third-order valence-electron chi connectivity index (χ3n) is 5.62. The van der Waals surface area contributed by atoms with Gasteiger partial charge in [0.15, 0.2) is 0 Å². The lowest BCUT2D eigenvalue weighted by atomic mass is 10.0. The fourth-order valence-electron chi connectivity index (χ4n) is 3.90. The third kappa shape index (κ3) is 3.12. The molecule has 134 valence electrons. The number of likely N-dealkylation sites (tertiary alicyclic amines) is 1. The van der Waals surface area contributed by atoms with E-state index < -0.39 is 0 Å². The molecule has 0 atom stereocenters. The largest absolute Gasteiger partial charge is 0.299 e. The fraction of sp³-hybridized carbons (Fsp3) is 0.429. The van der Waals surface area contributed by atoms with Crippen molar-refractivity contribution in [2.75, 3.05) is 13.1 Å². The molecule has 0 radical (unpaired) electrons. The molecule has 4 nitrogen and oxygen atoms in total. The van der Waals surface area contributed by atoms with Crippen LogP contribution in [0.4, 0.5) is 0 Å². The van der Waals surface area contributed by atoms with Gasteiger partial charge < -0.3 is 0 Å². The Morgan fingerprint density at radius 2 is 1.77 bits per heavy atom. The van der Waals surface area contributed by atoms with Crippen molar-refractivity contribution in [3.8, 4) is 11.1 Å². The van der Waals surface area contributed by atoms with Crippen LogP contribution in [0.2, 0.25) is 5.02 Å². The van der Waals surface area contributed by atoms with Crippen LogP contribution in [0.25, 0.3) is 22.2 Å². The molecule has 0 amide bonds. The second-order valence-electron chi connectivity index (χ2n) is 7.69. The Morgan fingerprint density at radius 3 is 2.50 bits per heavy atom. The third-order valence-corrected chi connectivity index (χ3v) is 6.01. The molecule has 1 aromatic heterocycles. The smallest absolute Gasteiger partial charge is 0.132 e. The van der Waals surface area contributed by atoms with Crippen LogP contribution < -0.4 is 0 Å². The maximum atomic E-state index is 6.69. The van der Waals surface area contributed by atoms with Gasteiger partial charge in [0, 0.05) is 18.7 Å². The van der Waals surface area contributed by atoms with Gasteiger partial charge in [0.25, 0.3) is 0 Å². The molecule has 1 aliphatic carbocycles. The van der Waals surface area contributed by atoms with E-state index in [4.69, 9.17) is 11.6 Å². The Morgan fingerprint density at radius 1 is 1.00 bits per heavy atom. The summed E-state index contributed by atoms with van der Waals surface area (Å²) in [6.45, 7) is 4.45. The molecule has 1 saturated heterocycles. The van der Waals surface area contributed by atoms with Gasteiger partial charge in [-0.25, -0.2) is 4.68 Å². The summed E-state index contributed by atoms with van der Waals surface area (Å²) in [5, 5.41) is 9.37. The number of fused-ring (bicyclic) bond motifs is 1. The average Bonchev–Trinajstić information content (AvgIpc) is 3.14. The number of benzene rings is 2. The van der Waals surface area contributed by atoms with Crippen molar-refractivity contribution >= 4 is 22.6 Å². The molecule has 2 heterocycles. The lowest BCUT2D eigenvalue weighted by molar-refractivity contribution is 0.331. The second-order valence-corrected chi connectivity index (χ2v) is 8.07. The van der Waals surface area contributed by atoms with E-state index in [1.165, 1.54) is 44.3 Å². The Labute approximate surface area is 158 Å². The minimum absolute atomic E-state index is 0.705. The van der Waals surface area contributed by atoms with Crippen LogP contribution in [0.5, 0.6) is 0 Å². The highest BCUT2D eigenvalue weighted by atomic mass is 35.5. The average molecular weight is 367 g/mol. The van der Waals surface area contributed by atoms with Crippen LogP contribution in [0.1, 0.15) is 31.2 Å². The fourth-order valence-corrected chi connectivity index (χ4v) is 4.20. The first-order valence-corrected chi connectivity index (χ1v) is 9.99. The molecule has 0 unspecified atom stereocenters. The van der Waals surface area contributed by atoms with Crippen LogP contribution in [0.3, 0.4) is 0 Å². The number of rotatable bonds is 5. The predicted molar refractivity (Wildman–Crippen MR) is 105 cm³/mol.